The monoisotopic (exact) mass is 628 g/mol. The van der Waals surface area contributed by atoms with E-state index < -0.39 is 6.04 Å². The molecule has 1 aliphatic carbocycles. The number of benzene rings is 1. The fourth-order valence-electron chi connectivity index (χ4n) is 7.83. The normalized spacial score (nSPS) is 30.2. The summed E-state index contributed by atoms with van der Waals surface area (Å²) in [6.07, 6.45) is 4.66. The minimum Gasteiger partial charge on any atom is -0.378 e. The van der Waals surface area contributed by atoms with Gasteiger partial charge in [-0.05, 0) is 76.5 Å². The molecule has 3 saturated heterocycles. The van der Waals surface area contributed by atoms with E-state index in [2.05, 4.69) is 37.5 Å². The van der Waals surface area contributed by atoms with Gasteiger partial charge in [0, 0.05) is 61.2 Å². The number of amides is 3. The average molecular weight is 629 g/mol. The molecule has 3 heterocycles. The van der Waals surface area contributed by atoms with Crippen LogP contribution in [0.1, 0.15) is 85.1 Å². The van der Waals surface area contributed by atoms with Gasteiger partial charge >= 0.3 is 0 Å². The minimum absolute atomic E-state index is 0.00733. The van der Waals surface area contributed by atoms with E-state index in [1.165, 1.54) is 0 Å². The Morgan fingerprint density at radius 2 is 1.55 bits per heavy atom. The molecule has 3 aliphatic heterocycles. The molecule has 5 rings (SSSR count). The van der Waals surface area contributed by atoms with Gasteiger partial charge in [-0.2, -0.15) is 0 Å². The number of hydrogen-bond acceptors (Lipinski definition) is 5. The molecule has 3 amide bonds. The standard InChI is InChI=1S/C35H53ClN4O4/c1-23(2)32(41)40(27-13-7-24(3)8-14-27)28-19-31(34(43)37-15-17-44-18-16-37)39(20-28)33(42)30-22-38(35(4,5)6)21-29(30)25-9-11-26(36)12-10-25/h9-12,23-24,27-31H,7-8,13-22H2,1-6H3. The molecule has 0 spiro atoms. The molecule has 1 saturated carbocycles. The Balaban J connectivity index is 1.48. The van der Waals surface area contributed by atoms with Crippen molar-refractivity contribution in [3.8, 4) is 0 Å². The maximum Gasteiger partial charge on any atom is 0.245 e. The Bertz CT molecular complexity index is 1170. The lowest BCUT2D eigenvalue weighted by Crippen LogP contribution is -2.53. The summed E-state index contributed by atoms with van der Waals surface area (Å²) in [5.74, 6) is 0.381. The van der Waals surface area contributed by atoms with Gasteiger partial charge in [-0.1, -0.05) is 44.5 Å². The first-order valence-electron chi connectivity index (χ1n) is 16.8. The Labute approximate surface area is 269 Å². The molecule has 4 aliphatic rings. The summed E-state index contributed by atoms with van der Waals surface area (Å²) in [5, 5.41) is 0.674. The Morgan fingerprint density at radius 3 is 2.14 bits per heavy atom. The van der Waals surface area contributed by atoms with Crippen molar-refractivity contribution >= 4 is 29.3 Å². The van der Waals surface area contributed by atoms with Crippen molar-refractivity contribution < 1.29 is 19.1 Å². The summed E-state index contributed by atoms with van der Waals surface area (Å²) in [6.45, 7) is 16.7. The predicted octanol–water partition coefficient (Wildman–Crippen LogP) is 5.05. The zero-order valence-electron chi connectivity index (χ0n) is 27.6. The van der Waals surface area contributed by atoms with Gasteiger partial charge in [-0.15, -0.1) is 0 Å². The molecule has 44 heavy (non-hydrogen) atoms. The van der Waals surface area contributed by atoms with E-state index in [-0.39, 0.29) is 53.1 Å². The van der Waals surface area contributed by atoms with Gasteiger partial charge in [0.05, 0.1) is 25.2 Å². The lowest BCUT2D eigenvalue weighted by molar-refractivity contribution is -0.148. The molecule has 244 valence electrons. The van der Waals surface area contributed by atoms with Gasteiger partial charge in [0.1, 0.15) is 6.04 Å². The van der Waals surface area contributed by atoms with Crippen molar-refractivity contribution in [2.45, 2.75) is 103 Å². The van der Waals surface area contributed by atoms with Crippen molar-refractivity contribution in [1.29, 1.82) is 0 Å². The summed E-state index contributed by atoms with van der Waals surface area (Å²) in [7, 11) is 0. The molecule has 8 nitrogen and oxygen atoms in total. The van der Waals surface area contributed by atoms with Crippen LogP contribution in [0.4, 0.5) is 0 Å². The van der Waals surface area contributed by atoms with Crippen LogP contribution in [0.15, 0.2) is 24.3 Å². The van der Waals surface area contributed by atoms with Gasteiger partial charge < -0.3 is 19.4 Å². The number of ether oxygens (including phenoxy) is 1. The van der Waals surface area contributed by atoms with E-state index in [0.29, 0.717) is 56.8 Å². The van der Waals surface area contributed by atoms with Gasteiger partial charge in [-0.25, -0.2) is 0 Å². The van der Waals surface area contributed by atoms with Crippen LogP contribution in [0.3, 0.4) is 0 Å². The van der Waals surface area contributed by atoms with Crippen LogP contribution < -0.4 is 0 Å². The third kappa shape index (κ3) is 7.13. The number of halogens is 1. The quantitative estimate of drug-likeness (QED) is 0.441. The fourth-order valence-corrected chi connectivity index (χ4v) is 7.95. The smallest absolute Gasteiger partial charge is 0.245 e. The Kier molecular flexibility index (Phi) is 10.3. The number of carbonyl (C=O) groups is 3. The number of nitrogens with zero attached hydrogens (tertiary/aromatic N) is 4. The van der Waals surface area contributed by atoms with E-state index in [1.807, 2.05) is 47.9 Å². The van der Waals surface area contributed by atoms with E-state index in [9.17, 15) is 14.4 Å². The lowest BCUT2D eigenvalue weighted by atomic mass is 9.85. The van der Waals surface area contributed by atoms with E-state index in [1.54, 1.807) is 0 Å². The fraction of sp³-hybridized carbons (Fsp3) is 0.743. The SMILES string of the molecule is CC1CCC(N(C(=O)C(C)C)C2CC(C(=O)N3CCOCC3)N(C(=O)C3CN(C(C)(C)C)CC3c3ccc(Cl)cc3)C2)CC1. The number of likely N-dealkylation sites (tertiary alicyclic amines) is 2. The number of carbonyl (C=O) groups excluding carboxylic acids is 3. The maximum absolute atomic E-state index is 14.8. The van der Waals surface area contributed by atoms with Crippen molar-refractivity contribution in [1.82, 2.24) is 19.6 Å². The zero-order chi connectivity index (χ0) is 31.8. The highest BCUT2D eigenvalue weighted by molar-refractivity contribution is 6.30. The third-order valence-electron chi connectivity index (χ3n) is 10.6. The van der Waals surface area contributed by atoms with E-state index in [4.69, 9.17) is 16.3 Å². The third-order valence-corrected chi connectivity index (χ3v) is 10.8. The molecule has 1 aromatic carbocycles. The summed E-state index contributed by atoms with van der Waals surface area (Å²) in [6, 6.07) is 7.28. The van der Waals surface area contributed by atoms with Crippen molar-refractivity contribution in [3.63, 3.8) is 0 Å². The summed E-state index contributed by atoms with van der Waals surface area (Å²) in [5.41, 5.74) is 0.994. The molecular weight excluding hydrogens is 576 g/mol. The highest BCUT2D eigenvalue weighted by Crippen LogP contribution is 2.40. The average Bonchev–Trinajstić information content (AvgIpc) is 3.64. The molecule has 1 aromatic rings. The Hall–Kier alpha value is -2.16. The molecule has 9 heteroatoms. The maximum atomic E-state index is 14.8. The predicted molar refractivity (Wildman–Crippen MR) is 173 cm³/mol. The van der Waals surface area contributed by atoms with Crippen LogP contribution in [0.25, 0.3) is 0 Å². The second-order valence-electron chi connectivity index (χ2n) is 15.0. The lowest BCUT2D eigenvalue weighted by Gasteiger charge is -2.41. The molecule has 4 fully saturated rings. The first kappa shape index (κ1) is 33.2. The van der Waals surface area contributed by atoms with Crippen LogP contribution in [0, 0.1) is 17.8 Å². The Morgan fingerprint density at radius 1 is 0.909 bits per heavy atom. The van der Waals surface area contributed by atoms with Crippen molar-refractivity contribution in [3.05, 3.63) is 34.9 Å². The molecular formula is C35H53ClN4O4. The zero-order valence-corrected chi connectivity index (χ0v) is 28.4. The molecule has 0 radical (unpaired) electrons. The van der Waals surface area contributed by atoms with Crippen molar-refractivity contribution in [2.24, 2.45) is 17.8 Å². The van der Waals surface area contributed by atoms with Crippen molar-refractivity contribution in [2.75, 3.05) is 45.9 Å². The molecule has 4 atom stereocenters. The van der Waals surface area contributed by atoms with Gasteiger partial charge in [-0.3, -0.25) is 19.3 Å². The highest BCUT2D eigenvalue weighted by Gasteiger charge is 2.51. The first-order chi connectivity index (χ1) is 20.8. The second kappa shape index (κ2) is 13.7. The number of hydrogen-bond donors (Lipinski definition) is 0. The molecule has 4 unspecified atom stereocenters. The summed E-state index contributed by atoms with van der Waals surface area (Å²) < 4.78 is 5.55. The van der Waals surface area contributed by atoms with E-state index in [0.717, 1.165) is 37.8 Å². The first-order valence-corrected chi connectivity index (χ1v) is 17.2. The van der Waals surface area contributed by atoms with E-state index >= 15 is 0 Å². The van der Waals surface area contributed by atoms with Crippen LogP contribution in [0.5, 0.6) is 0 Å². The summed E-state index contributed by atoms with van der Waals surface area (Å²) in [4.78, 5) is 51.1. The van der Waals surface area contributed by atoms with Crippen LogP contribution >= 0.6 is 11.6 Å². The van der Waals surface area contributed by atoms with Crippen LogP contribution in [-0.4, -0.2) is 107 Å². The van der Waals surface area contributed by atoms with Gasteiger partial charge in [0.2, 0.25) is 17.7 Å². The number of rotatable bonds is 6. The highest BCUT2D eigenvalue weighted by atomic mass is 35.5. The second-order valence-corrected chi connectivity index (χ2v) is 15.4. The topological polar surface area (TPSA) is 73.4 Å². The number of morpholine rings is 1. The van der Waals surface area contributed by atoms with Crippen LogP contribution in [0.2, 0.25) is 5.02 Å². The molecule has 0 N–H and O–H groups in total. The minimum atomic E-state index is -0.579. The summed E-state index contributed by atoms with van der Waals surface area (Å²) >= 11 is 6.25. The van der Waals surface area contributed by atoms with Gasteiger partial charge in [0.25, 0.3) is 0 Å². The van der Waals surface area contributed by atoms with Gasteiger partial charge in [0.15, 0.2) is 0 Å². The molecule has 0 bridgehead atoms. The largest absolute Gasteiger partial charge is 0.378 e. The molecule has 0 aromatic heterocycles. The van der Waals surface area contributed by atoms with Crippen LogP contribution in [-0.2, 0) is 19.1 Å².